The molecule has 0 aromatic heterocycles. The van der Waals surface area contributed by atoms with E-state index in [1.54, 1.807) is 41.3 Å². The summed E-state index contributed by atoms with van der Waals surface area (Å²) in [5.74, 6) is -0.391. The molecule has 1 fully saturated rings. The molecule has 34 heavy (non-hydrogen) atoms. The summed E-state index contributed by atoms with van der Waals surface area (Å²) in [5.41, 5.74) is 0.730. The predicted octanol–water partition coefficient (Wildman–Crippen LogP) is 2.96. The quantitative estimate of drug-likeness (QED) is 0.483. The van der Waals surface area contributed by atoms with E-state index in [-0.39, 0.29) is 6.54 Å². The number of carbonyl (C=O) groups excluding carboxylic acids is 2. The summed E-state index contributed by atoms with van der Waals surface area (Å²) >= 11 is 11.5. The van der Waals surface area contributed by atoms with Gasteiger partial charge in [0, 0.05) is 28.8 Å². The highest BCUT2D eigenvalue weighted by Gasteiger charge is 2.36. The number of amides is 1. The topological polar surface area (TPSA) is 99.5 Å². The monoisotopic (exact) mass is 510 g/mol. The Balaban J connectivity index is 0.000000340. The minimum absolute atomic E-state index is 0.213. The average molecular weight is 511 g/mol. The molecule has 8 nitrogen and oxygen atoms in total. The van der Waals surface area contributed by atoms with Gasteiger partial charge < -0.3 is 29.3 Å². The van der Waals surface area contributed by atoms with Gasteiger partial charge in [-0.15, -0.1) is 0 Å². The fourth-order valence-electron chi connectivity index (χ4n) is 3.19. The van der Waals surface area contributed by atoms with Gasteiger partial charge in [0.15, 0.2) is 0 Å². The molecule has 2 aromatic rings. The molecule has 2 N–H and O–H groups in total. The van der Waals surface area contributed by atoms with E-state index in [0.717, 1.165) is 5.69 Å². The van der Waals surface area contributed by atoms with E-state index in [4.69, 9.17) is 42.7 Å². The molecule has 1 saturated heterocycles. The highest BCUT2D eigenvalue weighted by Crippen LogP contribution is 2.24. The van der Waals surface area contributed by atoms with Gasteiger partial charge >= 0.3 is 19.2 Å². The van der Waals surface area contributed by atoms with Crippen molar-refractivity contribution >= 4 is 53.5 Å². The van der Waals surface area contributed by atoms with E-state index in [1.807, 2.05) is 37.8 Å². The van der Waals surface area contributed by atoms with Gasteiger partial charge in [-0.05, 0) is 62.6 Å². The molecule has 1 atom stereocenters. The lowest BCUT2D eigenvalue weighted by Gasteiger charge is -2.41. The molecule has 2 aromatic carbocycles. The highest BCUT2D eigenvalue weighted by molar-refractivity contribution is 6.58. The zero-order chi connectivity index (χ0) is 25.5. The van der Waals surface area contributed by atoms with Crippen LogP contribution in [0.2, 0.25) is 10.0 Å². The number of rotatable bonds is 3. The van der Waals surface area contributed by atoms with E-state index in [1.165, 1.54) is 7.11 Å². The van der Waals surface area contributed by atoms with E-state index < -0.39 is 30.8 Å². The van der Waals surface area contributed by atoms with E-state index in [0.29, 0.717) is 28.6 Å². The number of anilines is 1. The first kappa shape index (κ1) is 27.8. The van der Waals surface area contributed by atoms with Crippen LogP contribution in [0.5, 0.6) is 0 Å². The number of ether oxygens (including phenoxy) is 2. The van der Waals surface area contributed by atoms with E-state index >= 15 is 0 Å². The van der Waals surface area contributed by atoms with Gasteiger partial charge in [0.1, 0.15) is 11.6 Å². The van der Waals surface area contributed by atoms with Crippen LogP contribution in [0.3, 0.4) is 0 Å². The molecule has 0 aliphatic carbocycles. The largest absolute Gasteiger partial charge is 0.488 e. The molecule has 1 unspecified atom stereocenters. The zero-order valence-corrected chi connectivity index (χ0v) is 21.1. The maximum Gasteiger partial charge on any atom is 0.488 e. The van der Waals surface area contributed by atoms with Crippen molar-refractivity contribution in [2.75, 3.05) is 31.6 Å². The number of carbonyl (C=O) groups is 2. The van der Waals surface area contributed by atoms with Crippen LogP contribution >= 0.6 is 23.2 Å². The summed E-state index contributed by atoms with van der Waals surface area (Å²) in [6.07, 6.45) is -0.424. The Morgan fingerprint density at radius 3 is 1.97 bits per heavy atom. The van der Waals surface area contributed by atoms with Crippen molar-refractivity contribution in [2.24, 2.45) is 0 Å². The smallest absolute Gasteiger partial charge is 0.467 e. The van der Waals surface area contributed by atoms with Gasteiger partial charge in [0.2, 0.25) is 0 Å². The Labute approximate surface area is 210 Å². The summed E-state index contributed by atoms with van der Waals surface area (Å²) < 4.78 is 10.3. The lowest BCUT2D eigenvalue weighted by Crippen LogP contribution is -2.58. The first-order valence-electron chi connectivity index (χ1n) is 10.6. The van der Waals surface area contributed by atoms with Gasteiger partial charge in [-0.1, -0.05) is 35.3 Å². The molecule has 1 amide bonds. The Morgan fingerprint density at radius 2 is 1.50 bits per heavy atom. The van der Waals surface area contributed by atoms with E-state index in [2.05, 4.69) is 0 Å². The summed E-state index contributed by atoms with van der Waals surface area (Å²) in [6, 6.07) is 13.0. The molecule has 0 saturated carbocycles. The van der Waals surface area contributed by atoms with Crippen molar-refractivity contribution in [1.82, 2.24) is 4.90 Å². The number of hydrogen-bond acceptors (Lipinski definition) is 7. The summed E-state index contributed by atoms with van der Waals surface area (Å²) in [4.78, 5) is 27.9. The third-order valence-corrected chi connectivity index (χ3v) is 5.34. The first-order chi connectivity index (χ1) is 15.9. The Hall–Kier alpha value is -2.46. The van der Waals surface area contributed by atoms with Crippen LogP contribution in [0.4, 0.5) is 10.5 Å². The lowest BCUT2D eigenvalue weighted by atomic mass is 9.81. The van der Waals surface area contributed by atoms with Crippen LogP contribution in [0, 0.1) is 0 Å². The molecular weight excluding hydrogens is 482 g/mol. The Bertz CT molecular complexity index is 951. The first-order valence-corrected chi connectivity index (χ1v) is 11.4. The lowest BCUT2D eigenvalue weighted by molar-refractivity contribution is -0.143. The summed E-state index contributed by atoms with van der Waals surface area (Å²) in [5, 5.41) is 18.5. The van der Waals surface area contributed by atoms with Gasteiger partial charge in [-0.3, -0.25) is 0 Å². The van der Waals surface area contributed by atoms with Gasteiger partial charge in [-0.2, -0.15) is 0 Å². The average Bonchev–Trinajstić information content (AvgIpc) is 2.78. The van der Waals surface area contributed by atoms with Crippen molar-refractivity contribution in [3.05, 3.63) is 58.6 Å². The number of benzene rings is 2. The number of methoxy groups -OCH3 is 1. The number of piperazine rings is 1. The second-order valence-electron chi connectivity index (χ2n) is 8.56. The SMILES string of the molecule is COC(=O)C1CN(C(=O)OC(C)(C)C)CCN1c1ccc(Cl)cc1.OB(O)c1ccc(Cl)cc1. The molecule has 0 spiro atoms. The Morgan fingerprint density at radius 1 is 0.971 bits per heavy atom. The van der Waals surface area contributed by atoms with Crippen LogP contribution < -0.4 is 10.4 Å². The maximum absolute atomic E-state index is 12.3. The van der Waals surface area contributed by atoms with Crippen molar-refractivity contribution in [2.45, 2.75) is 32.4 Å². The molecule has 1 aliphatic rings. The fraction of sp³-hybridized carbons (Fsp3) is 0.391. The van der Waals surface area contributed by atoms with E-state index in [9.17, 15) is 9.59 Å². The standard InChI is InChI=1S/C17H23ClN2O4.C6H6BClO2/c1-17(2,3)24-16(22)19-9-10-20(14(11-19)15(21)23-4)13-7-5-12(18)6-8-13;8-6-3-1-5(2-4-6)7(9)10/h5-8,14H,9-11H2,1-4H3;1-4,9-10H. The molecular formula is C23H29BCl2N2O6. The van der Waals surface area contributed by atoms with Gasteiger partial charge in [0.25, 0.3) is 0 Å². The molecule has 11 heteroatoms. The van der Waals surface area contributed by atoms with Crippen LogP contribution in [-0.2, 0) is 14.3 Å². The number of esters is 1. The zero-order valence-electron chi connectivity index (χ0n) is 19.6. The molecule has 1 heterocycles. The number of nitrogens with zero attached hydrogens (tertiary/aromatic N) is 2. The van der Waals surface area contributed by atoms with Gasteiger partial charge in [-0.25, -0.2) is 9.59 Å². The number of hydrogen-bond donors (Lipinski definition) is 2. The van der Waals surface area contributed by atoms with Crippen molar-refractivity contribution in [3.63, 3.8) is 0 Å². The highest BCUT2D eigenvalue weighted by atomic mass is 35.5. The minimum atomic E-state index is -1.41. The summed E-state index contributed by atoms with van der Waals surface area (Å²) in [7, 11) is -0.0632. The minimum Gasteiger partial charge on any atom is -0.467 e. The van der Waals surface area contributed by atoms with Crippen molar-refractivity contribution in [1.29, 1.82) is 0 Å². The van der Waals surface area contributed by atoms with Crippen molar-refractivity contribution in [3.8, 4) is 0 Å². The molecule has 0 radical (unpaired) electrons. The maximum atomic E-state index is 12.3. The molecule has 0 bridgehead atoms. The number of halogens is 2. The van der Waals surface area contributed by atoms with Gasteiger partial charge in [0.05, 0.1) is 13.7 Å². The normalized spacial score (nSPS) is 15.7. The second-order valence-corrected chi connectivity index (χ2v) is 9.43. The van der Waals surface area contributed by atoms with Crippen LogP contribution in [0.25, 0.3) is 0 Å². The van der Waals surface area contributed by atoms with Crippen LogP contribution in [-0.4, -0.2) is 72.5 Å². The molecule has 1 aliphatic heterocycles. The third kappa shape index (κ3) is 8.40. The van der Waals surface area contributed by atoms with Crippen LogP contribution in [0.1, 0.15) is 20.8 Å². The van der Waals surface area contributed by atoms with Crippen molar-refractivity contribution < 1.29 is 29.1 Å². The van der Waals surface area contributed by atoms with Crippen LogP contribution in [0.15, 0.2) is 48.5 Å². The third-order valence-electron chi connectivity index (χ3n) is 4.83. The predicted molar refractivity (Wildman–Crippen MR) is 134 cm³/mol. The Kier molecular flexibility index (Phi) is 10.1. The second kappa shape index (κ2) is 12.3. The molecule has 3 rings (SSSR count). The fourth-order valence-corrected chi connectivity index (χ4v) is 3.44. The molecule has 184 valence electrons. The summed E-state index contributed by atoms with van der Waals surface area (Å²) in [6.45, 7) is 6.61.